The van der Waals surface area contributed by atoms with Crippen LogP contribution in [0.2, 0.25) is 0 Å². The number of carbonyl (C=O) groups excluding carboxylic acids is 1. The number of piperidine rings is 2. The first-order valence-corrected chi connectivity index (χ1v) is 6.83. The Kier molecular flexibility index (Phi) is 4.40. The smallest absolute Gasteiger partial charge is 0.225 e. The fraction of sp³-hybridized carbons (Fsp3) is 0.923. The molecule has 98 valence electrons. The number of nitrogens with zero attached hydrogens (tertiary/aromatic N) is 1. The normalized spacial score (nSPS) is 31.5. The molecular formula is C13H24N2O2. The lowest BCUT2D eigenvalue weighted by Gasteiger charge is -2.36. The van der Waals surface area contributed by atoms with Gasteiger partial charge in [-0.15, -0.1) is 0 Å². The molecule has 0 aromatic heterocycles. The predicted molar refractivity (Wildman–Crippen MR) is 66.6 cm³/mol. The highest BCUT2D eigenvalue weighted by molar-refractivity contribution is 5.79. The maximum atomic E-state index is 12.3. The number of carbonyl (C=O) groups is 1. The Morgan fingerprint density at radius 2 is 2.06 bits per heavy atom. The van der Waals surface area contributed by atoms with Crippen LogP contribution in [-0.2, 0) is 4.79 Å². The maximum Gasteiger partial charge on any atom is 0.225 e. The van der Waals surface area contributed by atoms with E-state index in [9.17, 15) is 4.79 Å². The third-order valence-electron chi connectivity index (χ3n) is 4.16. The van der Waals surface area contributed by atoms with Gasteiger partial charge in [0, 0.05) is 31.7 Å². The SMILES string of the molecule is CC1CC(C(=O)N2CCC(CO)CC2)CCN1. The monoisotopic (exact) mass is 240 g/mol. The number of rotatable bonds is 2. The molecule has 2 heterocycles. The molecule has 0 aromatic rings. The number of likely N-dealkylation sites (tertiary alicyclic amines) is 1. The van der Waals surface area contributed by atoms with Crippen LogP contribution in [0.4, 0.5) is 0 Å². The zero-order chi connectivity index (χ0) is 12.3. The lowest BCUT2D eigenvalue weighted by atomic mass is 9.90. The van der Waals surface area contributed by atoms with Crippen LogP contribution in [0.25, 0.3) is 0 Å². The summed E-state index contributed by atoms with van der Waals surface area (Å²) in [5.41, 5.74) is 0. The maximum absolute atomic E-state index is 12.3. The van der Waals surface area contributed by atoms with E-state index in [4.69, 9.17) is 5.11 Å². The molecule has 4 nitrogen and oxygen atoms in total. The van der Waals surface area contributed by atoms with Crippen molar-refractivity contribution in [3.63, 3.8) is 0 Å². The van der Waals surface area contributed by atoms with Gasteiger partial charge in [0.1, 0.15) is 0 Å². The van der Waals surface area contributed by atoms with E-state index in [2.05, 4.69) is 12.2 Å². The highest BCUT2D eigenvalue weighted by Crippen LogP contribution is 2.23. The van der Waals surface area contributed by atoms with Gasteiger partial charge >= 0.3 is 0 Å². The first-order chi connectivity index (χ1) is 8.20. The molecule has 17 heavy (non-hydrogen) atoms. The average Bonchev–Trinajstić information content (AvgIpc) is 2.38. The van der Waals surface area contributed by atoms with Gasteiger partial charge in [0.25, 0.3) is 0 Å². The second-order valence-electron chi connectivity index (χ2n) is 5.53. The second-order valence-corrected chi connectivity index (χ2v) is 5.53. The van der Waals surface area contributed by atoms with Gasteiger partial charge in [0.15, 0.2) is 0 Å². The van der Waals surface area contributed by atoms with Crippen molar-refractivity contribution >= 4 is 5.91 Å². The molecule has 2 atom stereocenters. The highest BCUT2D eigenvalue weighted by Gasteiger charge is 2.30. The number of hydrogen-bond acceptors (Lipinski definition) is 3. The Labute approximate surface area is 103 Å². The van der Waals surface area contributed by atoms with Crippen LogP contribution in [0.1, 0.15) is 32.6 Å². The molecule has 2 saturated heterocycles. The Hall–Kier alpha value is -0.610. The van der Waals surface area contributed by atoms with Gasteiger partial charge in [-0.05, 0) is 45.1 Å². The number of aliphatic hydroxyl groups is 1. The standard InChI is InChI=1S/C13H24N2O2/c1-10-8-12(2-5-14-10)13(17)15-6-3-11(9-16)4-7-15/h10-12,14,16H,2-9H2,1H3. The molecule has 2 rings (SSSR count). The highest BCUT2D eigenvalue weighted by atomic mass is 16.3. The van der Waals surface area contributed by atoms with Gasteiger partial charge in [-0.2, -0.15) is 0 Å². The van der Waals surface area contributed by atoms with Crippen molar-refractivity contribution in [2.45, 2.75) is 38.6 Å². The van der Waals surface area contributed by atoms with Crippen molar-refractivity contribution < 1.29 is 9.90 Å². The van der Waals surface area contributed by atoms with E-state index >= 15 is 0 Å². The molecule has 2 N–H and O–H groups in total. The fourth-order valence-electron chi connectivity index (χ4n) is 2.95. The van der Waals surface area contributed by atoms with Crippen molar-refractivity contribution in [1.82, 2.24) is 10.2 Å². The zero-order valence-corrected chi connectivity index (χ0v) is 10.7. The Balaban J connectivity index is 1.83. The molecular weight excluding hydrogens is 216 g/mol. The molecule has 0 bridgehead atoms. The zero-order valence-electron chi connectivity index (χ0n) is 10.7. The minimum absolute atomic E-state index is 0.219. The Bertz CT molecular complexity index is 262. The summed E-state index contributed by atoms with van der Waals surface area (Å²) in [5.74, 6) is 0.970. The molecule has 0 radical (unpaired) electrons. The van der Waals surface area contributed by atoms with E-state index in [1.165, 1.54) is 0 Å². The van der Waals surface area contributed by atoms with E-state index in [-0.39, 0.29) is 12.5 Å². The lowest BCUT2D eigenvalue weighted by Crippen LogP contribution is -2.46. The van der Waals surface area contributed by atoms with Crippen LogP contribution in [0.3, 0.4) is 0 Å². The Morgan fingerprint density at radius 3 is 2.65 bits per heavy atom. The number of aliphatic hydroxyl groups excluding tert-OH is 1. The molecule has 2 aliphatic rings. The van der Waals surface area contributed by atoms with E-state index in [0.29, 0.717) is 17.9 Å². The van der Waals surface area contributed by atoms with Crippen molar-refractivity contribution in [2.75, 3.05) is 26.2 Å². The van der Waals surface area contributed by atoms with Crippen molar-refractivity contribution in [3.8, 4) is 0 Å². The van der Waals surface area contributed by atoms with E-state index < -0.39 is 0 Å². The van der Waals surface area contributed by atoms with Gasteiger partial charge in [-0.25, -0.2) is 0 Å². The summed E-state index contributed by atoms with van der Waals surface area (Å²) in [6.07, 6.45) is 3.87. The minimum Gasteiger partial charge on any atom is -0.396 e. The van der Waals surface area contributed by atoms with Crippen LogP contribution in [0, 0.1) is 11.8 Å². The molecule has 1 amide bonds. The predicted octanol–water partition coefficient (Wildman–Crippen LogP) is 0.605. The molecule has 2 aliphatic heterocycles. The van der Waals surface area contributed by atoms with Crippen LogP contribution < -0.4 is 5.32 Å². The van der Waals surface area contributed by atoms with Gasteiger partial charge < -0.3 is 15.3 Å². The van der Waals surface area contributed by atoms with Gasteiger partial charge in [0.2, 0.25) is 5.91 Å². The Morgan fingerprint density at radius 1 is 1.35 bits per heavy atom. The number of hydrogen-bond donors (Lipinski definition) is 2. The summed E-state index contributed by atoms with van der Waals surface area (Å²) in [5, 5.41) is 12.5. The number of amides is 1. The summed E-state index contributed by atoms with van der Waals surface area (Å²) in [6, 6.07) is 0.465. The van der Waals surface area contributed by atoms with Crippen LogP contribution in [0.15, 0.2) is 0 Å². The summed E-state index contributed by atoms with van der Waals surface area (Å²) < 4.78 is 0. The van der Waals surface area contributed by atoms with Crippen LogP contribution in [-0.4, -0.2) is 48.2 Å². The lowest BCUT2D eigenvalue weighted by molar-refractivity contribution is -0.138. The van der Waals surface area contributed by atoms with E-state index in [0.717, 1.165) is 45.3 Å². The third-order valence-corrected chi connectivity index (χ3v) is 4.16. The van der Waals surface area contributed by atoms with Gasteiger partial charge in [-0.3, -0.25) is 4.79 Å². The van der Waals surface area contributed by atoms with Crippen LogP contribution in [0.5, 0.6) is 0 Å². The molecule has 0 saturated carbocycles. The fourth-order valence-corrected chi connectivity index (χ4v) is 2.95. The largest absolute Gasteiger partial charge is 0.396 e. The second kappa shape index (κ2) is 5.83. The minimum atomic E-state index is 0.219. The quantitative estimate of drug-likeness (QED) is 0.743. The first-order valence-electron chi connectivity index (χ1n) is 6.83. The molecule has 4 heteroatoms. The van der Waals surface area contributed by atoms with E-state index in [1.807, 2.05) is 4.90 Å². The van der Waals surface area contributed by atoms with E-state index in [1.54, 1.807) is 0 Å². The van der Waals surface area contributed by atoms with Gasteiger partial charge in [-0.1, -0.05) is 0 Å². The molecule has 0 aromatic carbocycles. The average molecular weight is 240 g/mol. The molecule has 2 fully saturated rings. The topological polar surface area (TPSA) is 52.6 Å². The van der Waals surface area contributed by atoms with Crippen molar-refractivity contribution in [3.05, 3.63) is 0 Å². The summed E-state index contributed by atoms with van der Waals surface area (Å²) in [4.78, 5) is 14.3. The van der Waals surface area contributed by atoms with Crippen molar-refractivity contribution in [2.24, 2.45) is 11.8 Å². The van der Waals surface area contributed by atoms with Crippen LogP contribution >= 0.6 is 0 Å². The molecule has 2 unspecified atom stereocenters. The summed E-state index contributed by atoms with van der Waals surface area (Å²) in [6.45, 7) is 5.05. The first kappa shape index (κ1) is 12.8. The summed E-state index contributed by atoms with van der Waals surface area (Å²) in [7, 11) is 0. The van der Waals surface area contributed by atoms with Crippen molar-refractivity contribution in [1.29, 1.82) is 0 Å². The number of nitrogens with one attached hydrogen (secondary N) is 1. The third kappa shape index (κ3) is 3.19. The summed E-state index contributed by atoms with van der Waals surface area (Å²) >= 11 is 0. The molecule has 0 spiro atoms. The molecule has 0 aliphatic carbocycles. The van der Waals surface area contributed by atoms with Gasteiger partial charge in [0.05, 0.1) is 0 Å².